The van der Waals surface area contributed by atoms with Crippen LogP contribution in [0.25, 0.3) is 0 Å². The third-order valence-electron chi connectivity index (χ3n) is 2.84. The van der Waals surface area contributed by atoms with Gasteiger partial charge in [-0.25, -0.2) is 8.42 Å². The zero-order valence-corrected chi connectivity index (χ0v) is 10.4. The van der Waals surface area contributed by atoms with Crippen LogP contribution in [0.15, 0.2) is 0 Å². The minimum atomic E-state index is -2.89. The quantitative estimate of drug-likeness (QED) is 0.757. The Morgan fingerprint density at radius 2 is 2.20 bits per heavy atom. The van der Waals surface area contributed by atoms with Crippen LogP contribution in [0.5, 0.6) is 0 Å². The van der Waals surface area contributed by atoms with E-state index in [1.165, 1.54) is 0 Å². The van der Waals surface area contributed by atoms with Crippen molar-refractivity contribution < 1.29 is 13.2 Å². The van der Waals surface area contributed by atoms with Crippen molar-refractivity contribution in [2.24, 2.45) is 0 Å². The first kappa shape index (κ1) is 12.9. The van der Waals surface area contributed by atoms with E-state index >= 15 is 0 Å². The molecule has 15 heavy (non-hydrogen) atoms. The van der Waals surface area contributed by atoms with Gasteiger partial charge in [-0.15, -0.1) is 0 Å². The van der Waals surface area contributed by atoms with Crippen LogP contribution in [0.3, 0.4) is 0 Å². The Bertz CT molecular complexity index is 281. The molecule has 1 fully saturated rings. The van der Waals surface area contributed by atoms with Gasteiger partial charge < -0.3 is 10.1 Å². The van der Waals surface area contributed by atoms with Crippen molar-refractivity contribution >= 4 is 9.84 Å². The summed E-state index contributed by atoms with van der Waals surface area (Å²) in [6.45, 7) is 5.87. The maximum atomic E-state index is 11.2. The molecule has 0 aromatic heterocycles. The molecular weight excluding hydrogens is 214 g/mol. The molecule has 1 unspecified atom stereocenters. The van der Waals surface area contributed by atoms with Crippen LogP contribution in [0.4, 0.5) is 0 Å². The van der Waals surface area contributed by atoms with Crippen LogP contribution < -0.4 is 5.32 Å². The van der Waals surface area contributed by atoms with E-state index in [1.807, 2.05) is 6.92 Å². The van der Waals surface area contributed by atoms with Gasteiger partial charge >= 0.3 is 0 Å². The van der Waals surface area contributed by atoms with Gasteiger partial charge in [-0.05, 0) is 26.3 Å². The molecule has 0 spiro atoms. The zero-order valence-electron chi connectivity index (χ0n) is 9.58. The molecule has 0 saturated carbocycles. The summed E-state index contributed by atoms with van der Waals surface area (Å²) < 4.78 is 28.2. The molecule has 90 valence electrons. The molecule has 0 aromatic carbocycles. The Hall–Kier alpha value is -0.130. The highest BCUT2D eigenvalue weighted by Crippen LogP contribution is 2.19. The summed E-state index contributed by atoms with van der Waals surface area (Å²) in [5.41, 5.74) is -0.179. The highest BCUT2D eigenvalue weighted by atomic mass is 32.2. The molecule has 1 heterocycles. The predicted octanol–water partition coefficient (Wildman–Crippen LogP) is 0.580. The number of ether oxygens (including phenoxy) is 1. The first-order valence-corrected chi connectivity index (χ1v) is 7.35. The number of nitrogens with one attached hydrogen (secondary N) is 1. The lowest BCUT2D eigenvalue weighted by atomic mass is 9.96. The molecule has 1 aliphatic heterocycles. The lowest BCUT2D eigenvalue weighted by Crippen LogP contribution is -2.46. The van der Waals surface area contributed by atoms with E-state index in [0.717, 1.165) is 25.9 Å². The van der Waals surface area contributed by atoms with Gasteiger partial charge in [0.1, 0.15) is 0 Å². The standard InChI is InChI=1S/C10H21NO3S/c1-3-15(12,13)8-7-14-10(2)5-4-6-11-9-10/h11H,3-9H2,1-2H3. The van der Waals surface area contributed by atoms with Crippen LogP contribution >= 0.6 is 0 Å². The summed E-state index contributed by atoms with van der Waals surface area (Å²) in [6.07, 6.45) is 2.10. The Morgan fingerprint density at radius 3 is 2.73 bits per heavy atom. The summed E-state index contributed by atoms with van der Waals surface area (Å²) in [6, 6.07) is 0. The maximum absolute atomic E-state index is 11.2. The smallest absolute Gasteiger partial charge is 0.152 e. The minimum absolute atomic E-state index is 0.138. The second kappa shape index (κ2) is 5.27. The van der Waals surface area contributed by atoms with Crippen LogP contribution in [-0.4, -0.2) is 45.2 Å². The van der Waals surface area contributed by atoms with E-state index in [4.69, 9.17) is 4.74 Å². The fourth-order valence-corrected chi connectivity index (χ4v) is 2.34. The second-order valence-electron chi connectivity index (χ2n) is 4.32. The first-order valence-electron chi connectivity index (χ1n) is 5.52. The third-order valence-corrected chi connectivity index (χ3v) is 4.51. The lowest BCUT2D eigenvalue weighted by Gasteiger charge is -2.34. The van der Waals surface area contributed by atoms with E-state index in [-0.39, 0.29) is 17.1 Å². The highest BCUT2D eigenvalue weighted by molar-refractivity contribution is 7.91. The molecule has 1 N–H and O–H groups in total. The van der Waals surface area contributed by atoms with Crippen molar-refractivity contribution in [2.45, 2.75) is 32.3 Å². The Morgan fingerprint density at radius 1 is 1.47 bits per heavy atom. The first-order chi connectivity index (χ1) is 6.97. The number of piperidine rings is 1. The third kappa shape index (κ3) is 4.49. The van der Waals surface area contributed by atoms with Gasteiger partial charge in [0.05, 0.1) is 18.0 Å². The van der Waals surface area contributed by atoms with Gasteiger partial charge in [-0.1, -0.05) is 6.92 Å². The van der Waals surface area contributed by atoms with Crippen LogP contribution in [0.2, 0.25) is 0 Å². The Labute approximate surface area is 92.3 Å². The molecule has 4 nitrogen and oxygen atoms in total. The largest absolute Gasteiger partial charge is 0.373 e. The summed E-state index contributed by atoms with van der Waals surface area (Å²) in [7, 11) is -2.89. The molecule has 1 saturated heterocycles. The molecular formula is C10H21NO3S. The van der Waals surface area contributed by atoms with Gasteiger partial charge in [0, 0.05) is 12.3 Å². The minimum Gasteiger partial charge on any atom is -0.373 e. The second-order valence-corrected chi connectivity index (χ2v) is 6.79. The van der Waals surface area contributed by atoms with Crippen molar-refractivity contribution in [3.63, 3.8) is 0 Å². The van der Waals surface area contributed by atoms with Crippen molar-refractivity contribution in [2.75, 3.05) is 31.2 Å². The summed E-state index contributed by atoms with van der Waals surface area (Å²) in [4.78, 5) is 0. The van der Waals surface area contributed by atoms with Crippen molar-refractivity contribution in [3.05, 3.63) is 0 Å². The molecule has 1 aliphatic rings. The normalized spacial score (nSPS) is 27.9. The van der Waals surface area contributed by atoms with E-state index in [1.54, 1.807) is 6.92 Å². The molecule has 1 atom stereocenters. The molecule has 0 bridgehead atoms. The van der Waals surface area contributed by atoms with Crippen molar-refractivity contribution in [1.29, 1.82) is 0 Å². The average molecular weight is 235 g/mol. The SMILES string of the molecule is CCS(=O)(=O)CCOC1(C)CCCNC1. The highest BCUT2D eigenvalue weighted by Gasteiger charge is 2.27. The number of hydrogen-bond donors (Lipinski definition) is 1. The van der Waals surface area contributed by atoms with E-state index in [0.29, 0.717) is 6.61 Å². The zero-order chi connectivity index (χ0) is 11.4. The van der Waals surface area contributed by atoms with Crippen LogP contribution in [0, 0.1) is 0 Å². The summed E-state index contributed by atoms with van der Waals surface area (Å²) in [5, 5.41) is 3.26. The molecule has 5 heteroatoms. The van der Waals surface area contributed by atoms with Crippen molar-refractivity contribution in [3.8, 4) is 0 Å². The van der Waals surface area contributed by atoms with Gasteiger partial charge in [0.2, 0.25) is 0 Å². The maximum Gasteiger partial charge on any atom is 0.152 e. The van der Waals surface area contributed by atoms with Gasteiger partial charge in [-0.2, -0.15) is 0 Å². The molecule has 0 amide bonds. The lowest BCUT2D eigenvalue weighted by molar-refractivity contribution is -0.0391. The summed E-state index contributed by atoms with van der Waals surface area (Å²) in [5.74, 6) is 0.338. The monoisotopic (exact) mass is 235 g/mol. The number of sulfone groups is 1. The fraction of sp³-hybridized carbons (Fsp3) is 1.00. The Balaban J connectivity index is 2.30. The molecule has 0 radical (unpaired) electrons. The number of rotatable bonds is 5. The summed E-state index contributed by atoms with van der Waals surface area (Å²) >= 11 is 0. The van der Waals surface area contributed by atoms with Gasteiger partial charge in [0.15, 0.2) is 9.84 Å². The van der Waals surface area contributed by atoms with E-state index < -0.39 is 9.84 Å². The topological polar surface area (TPSA) is 55.4 Å². The molecule has 0 aliphatic carbocycles. The fourth-order valence-electron chi connectivity index (χ4n) is 1.71. The number of hydrogen-bond acceptors (Lipinski definition) is 4. The molecule has 1 rings (SSSR count). The molecule has 0 aromatic rings. The van der Waals surface area contributed by atoms with E-state index in [9.17, 15) is 8.42 Å². The average Bonchev–Trinajstić information content (AvgIpc) is 2.18. The van der Waals surface area contributed by atoms with Gasteiger partial charge in [-0.3, -0.25) is 0 Å². The van der Waals surface area contributed by atoms with E-state index in [2.05, 4.69) is 5.32 Å². The van der Waals surface area contributed by atoms with Crippen LogP contribution in [0.1, 0.15) is 26.7 Å². The van der Waals surface area contributed by atoms with Crippen LogP contribution in [-0.2, 0) is 14.6 Å². The van der Waals surface area contributed by atoms with Gasteiger partial charge in [0.25, 0.3) is 0 Å². The Kier molecular flexibility index (Phi) is 4.55. The predicted molar refractivity (Wildman–Crippen MR) is 60.8 cm³/mol. The van der Waals surface area contributed by atoms with Crippen molar-refractivity contribution in [1.82, 2.24) is 5.32 Å².